The predicted octanol–water partition coefficient (Wildman–Crippen LogP) is 1.19. The van der Waals surface area contributed by atoms with Crippen molar-refractivity contribution in [2.24, 2.45) is 0 Å². The Morgan fingerprint density at radius 2 is 2.18 bits per heavy atom. The van der Waals surface area contributed by atoms with Crippen LogP contribution in [0.1, 0.15) is 32.1 Å². The molecule has 1 aliphatic heterocycles. The van der Waals surface area contributed by atoms with Crippen molar-refractivity contribution < 1.29 is 8.42 Å². The maximum atomic E-state index is 11.9. The van der Waals surface area contributed by atoms with Crippen LogP contribution >= 0.6 is 11.8 Å². The number of thioether (sulfide) groups is 1. The highest BCUT2D eigenvalue weighted by atomic mass is 32.2. The number of hydrogen-bond acceptors (Lipinski definition) is 4. The Kier molecular flexibility index (Phi) is 7.50. The lowest BCUT2D eigenvalue weighted by molar-refractivity contribution is 0.489. The molecule has 0 aromatic heterocycles. The molecule has 1 saturated heterocycles. The second-order valence-corrected chi connectivity index (χ2v) is 7.49. The summed E-state index contributed by atoms with van der Waals surface area (Å²) in [6, 6.07) is 0. The van der Waals surface area contributed by atoms with Gasteiger partial charge in [0.05, 0.1) is 5.25 Å². The molecule has 1 aliphatic rings. The lowest BCUT2D eigenvalue weighted by Gasteiger charge is -2.22. The minimum Gasteiger partial charge on any atom is -0.315 e. The molecule has 4 nitrogen and oxygen atoms in total. The Balaban J connectivity index is 2.15. The standard InChI is InChI=1S/C11H24N2O2S2/c1-16-9-4-2-3-8-13-17(14,15)11-6-5-7-12-10-11/h11-13H,2-10H2,1H3. The predicted molar refractivity (Wildman–Crippen MR) is 75.0 cm³/mol. The third kappa shape index (κ3) is 6.08. The van der Waals surface area contributed by atoms with Crippen molar-refractivity contribution in [3.05, 3.63) is 0 Å². The molecule has 0 saturated carbocycles. The summed E-state index contributed by atoms with van der Waals surface area (Å²) in [5, 5.41) is 2.90. The van der Waals surface area contributed by atoms with Crippen LogP contribution in [0.2, 0.25) is 0 Å². The molecular formula is C11H24N2O2S2. The summed E-state index contributed by atoms with van der Waals surface area (Å²) in [7, 11) is -3.09. The quantitative estimate of drug-likeness (QED) is 0.656. The van der Waals surface area contributed by atoms with Crippen molar-refractivity contribution in [2.75, 3.05) is 31.6 Å². The van der Waals surface area contributed by atoms with E-state index in [1.54, 1.807) is 0 Å². The zero-order valence-corrected chi connectivity index (χ0v) is 12.2. The molecule has 1 atom stereocenters. The van der Waals surface area contributed by atoms with E-state index >= 15 is 0 Å². The number of rotatable bonds is 8. The molecule has 2 N–H and O–H groups in total. The van der Waals surface area contributed by atoms with E-state index in [2.05, 4.69) is 16.3 Å². The van der Waals surface area contributed by atoms with E-state index in [0.717, 1.165) is 32.2 Å². The second-order valence-electron chi connectivity index (χ2n) is 4.46. The first kappa shape index (κ1) is 15.3. The summed E-state index contributed by atoms with van der Waals surface area (Å²) >= 11 is 1.84. The van der Waals surface area contributed by atoms with Crippen molar-refractivity contribution in [2.45, 2.75) is 37.4 Å². The Bertz CT molecular complexity index is 288. The molecule has 0 radical (unpaired) electrons. The molecule has 0 aromatic carbocycles. The molecule has 1 unspecified atom stereocenters. The largest absolute Gasteiger partial charge is 0.315 e. The smallest absolute Gasteiger partial charge is 0.215 e. The van der Waals surface area contributed by atoms with Crippen LogP contribution in [0.3, 0.4) is 0 Å². The molecule has 0 aliphatic carbocycles. The minimum atomic E-state index is -3.09. The van der Waals surface area contributed by atoms with Crippen LogP contribution in [-0.4, -0.2) is 45.3 Å². The zero-order valence-electron chi connectivity index (χ0n) is 10.6. The Hall–Kier alpha value is 0.220. The fourth-order valence-corrected chi connectivity index (χ4v) is 3.94. The fourth-order valence-electron chi connectivity index (χ4n) is 1.97. The van der Waals surface area contributed by atoms with Gasteiger partial charge in [-0.25, -0.2) is 13.1 Å². The van der Waals surface area contributed by atoms with Crippen molar-refractivity contribution >= 4 is 21.8 Å². The Morgan fingerprint density at radius 1 is 1.35 bits per heavy atom. The van der Waals surface area contributed by atoms with Gasteiger partial charge in [-0.2, -0.15) is 11.8 Å². The third-order valence-corrected chi connectivity index (χ3v) is 5.60. The van der Waals surface area contributed by atoms with Crippen LogP contribution in [0.4, 0.5) is 0 Å². The maximum absolute atomic E-state index is 11.9. The Morgan fingerprint density at radius 3 is 2.82 bits per heavy atom. The number of sulfonamides is 1. The van der Waals surface area contributed by atoms with E-state index in [-0.39, 0.29) is 5.25 Å². The molecule has 1 rings (SSSR count). The van der Waals surface area contributed by atoms with Gasteiger partial charge in [-0.1, -0.05) is 6.42 Å². The van der Waals surface area contributed by atoms with E-state index in [1.165, 1.54) is 12.2 Å². The second kappa shape index (κ2) is 8.34. The van der Waals surface area contributed by atoms with Crippen LogP contribution in [0.15, 0.2) is 0 Å². The summed E-state index contributed by atoms with van der Waals surface area (Å²) in [5.74, 6) is 1.17. The summed E-state index contributed by atoms with van der Waals surface area (Å²) in [6.07, 6.45) is 7.06. The SMILES string of the molecule is CSCCCCCNS(=O)(=O)C1CCCNC1. The van der Waals surface area contributed by atoms with Gasteiger partial charge in [0, 0.05) is 13.1 Å². The number of hydrogen-bond donors (Lipinski definition) is 2. The molecule has 1 fully saturated rings. The molecule has 0 spiro atoms. The average molecular weight is 280 g/mol. The third-order valence-electron chi connectivity index (χ3n) is 3.02. The van der Waals surface area contributed by atoms with Crippen LogP contribution in [0.5, 0.6) is 0 Å². The molecule has 0 bridgehead atoms. The van der Waals surface area contributed by atoms with E-state index in [9.17, 15) is 8.42 Å². The van der Waals surface area contributed by atoms with E-state index in [0.29, 0.717) is 13.1 Å². The molecular weight excluding hydrogens is 256 g/mol. The van der Waals surface area contributed by atoms with Gasteiger partial charge in [0.15, 0.2) is 0 Å². The van der Waals surface area contributed by atoms with Gasteiger partial charge in [0.2, 0.25) is 10.0 Å². The molecule has 0 amide bonds. The number of nitrogens with one attached hydrogen (secondary N) is 2. The van der Waals surface area contributed by atoms with Crippen molar-refractivity contribution in [3.63, 3.8) is 0 Å². The number of piperidine rings is 1. The first-order valence-electron chi connectivity index (χ1n) is 6.35. The monoisotopic (exact) mass is 280 g/mol. The van der Waals surface area contributed by atoms with Crippen molar-refractivity contribution in [3.8, 4) is 0 Å². The van der Waals surface area contributed by atoms with Gasteiger partial charge < -0.3 is 5.32 Å². The summed E-state index contributed by atoms with van der Waals surface area (Å²) in [5.41, 5.74) is 0. The van der Waals surface area contributed by atoms with E-state index < -0.39 is 10.0 Å². The van der Waals surface area contributed by atoms with Crippen LogP contribution in [0, 0.1) is 0 Å². The summed E-state index contributed by atoms with van der Waals surface area (Å²) < 4.78 is 26.6. The minimum absolute atomic E-state index is 0.234. The zero-order chi connectivity index (χ0) is 12.6. The van der Waals surface area contributed by atoms with Gasteiger partial charge in [-0.3, -0.25) is 0 Å². The highest BCUT2D eigenvalue weighted by molar-refractivity contribution is 7.98. The number of unbranched alkanes of at least 4 members (excludes halogenated alkanes) is 2. The van der Waals surface area contributed by atoms with Gasteiger partial charge in [0.1, 0.15) is 0 Å². The average Bonchev–Trinajstić information content (AvgIpc) is 2.35. The van der Waals surface area contributed by atoms with Gasteiger partial charge in [0.25, 0.3) is 0 Å². The van der Waals surface area contributed by atoms with Crippen LogP contribution < -0.4 is 10.0 Å². The van der Waals surface area contributed by atoms with Crippen molar-refractivity contribution in [1.29, 1.82) is 0 Å². The molecule has 0 aromatic rings. The highest BCUT2D eigenvalue weighted by Crippen LogP contribution is 2.10. The maximum Gasteiger partial charge on any atom is 0.215 e. The first-order chi connectivity index (χ1) is 8.17. The van der Waals surface area contributed by atoms with Crippen LogP contribution in [0.25, 0.3) is 0 Å². The molecule has 6 heteroatoms. The Labute approximate surface area is 109 Å². The molecule has 102 valence electrons. The topological polar surface area (TPSA) is 58.2 Å². The van der Waals surface area contributed by atoms with Crippen molar-refractivity contribution in [1.82, 2.24) is 10.0 Å². The van der Waals surface area contributed by atoms with Gasteiger partial charge >= 0.3 is 0 Å². The van der Waals surface area contributed by atoms with Crippen LogP contribution in [-0.2, 0) is 10.0 Å². The fraction of sp³-hybridized carbons (Fsp3) is 1.00. The molecule has 17 heavy (non-hydrogen) atoms. The van der Waals surface area contributed by atoms with E-state index in [4.69, 9.17) is 0 Å². The first-order valence-corrected chi connectivity index (χ1v) is 9.29. The lowest BCUT2D eigenvalue weighted by Crippen LogP contribution is -2.44. The molecule has 1 heterocycles. The highest BCUT2D eigenvalue weighted by Gasteiger charge is 2.26. The lowest BCUT2D eigenvalue weighted by atomic mass is 10.2. The van der Waals surface area contributed by atoms with Gasteiger partial charge in [-0.15, -0.1) is 0 Å². The van der Waals surface area contributed by atoms with Gasteiger partial charge in [-0.05, 0) is 44.2 Å². The normalized spacial score (nSPS) is 21.6. The summed E-state index contributed by atoms with van der Waals surface area (Å²) in [6.45, 7) is 2.13. The van der Waals surface area contributed by atoms with E-state index in [1.807, 2.05) is 11.8 Å². The summed E-state index contributed by atoms with van der Waals surface area (Å²) in [4.78, 5) is 0.